The van der Waals surface area contributed by atoms with Crippen molar-refractivity contribution in [2.45, 2.75) is 44.2 Å². The first kappa shape index (κ1) is 19.4. The summed E-state index contributed by atoms with van der Waals surface area (Å²) < 4.78 is 6.84. The maximum Gasteiger partial charge on any atom is 0.272 e. The molecule has 2 amide bonds. The molecule has 3 saturated heterocycles. The predicted octanol–water partition coefficient (Wildman–Crippen LogP) is 0.832. The molecule has 0 aliphatic carbocycles. The zero-order chi connectivity index (χ0) is 19.6. The Bertz CT molecular complexity index is 714. The van der Waals surface area contributed by atoms with Crippen molar-refractivity contribution in [2.75, 3.05) is 53.0 Å². The van der Waals surface area contributed by atoms with Crippen LogP contribution in [0.25, 0.3) is 0 Å². The van der Waals surface area contributed by atoms with Crippen LogP contribution in [0.4, 0.5) is 0 Å². The number of amides is 2. The van der Waals surface area contributed by atoms with Crippen molar-refractivity contribution in [3.63, 3.8) is 0 Å². The van der Waals surface area contributed by atoms with E-state index in [-0.39, 0.29) is 17.4 Å². The SMILES string of the molecule is COCCn1nccc1C(=O)N1CCC[C@@]2(CCN2CC(=O)N2CCCC2)C1. The van der Waals surface area contributed by atoms with Crippen LogP contribution in [-0.4, -0.2) is 94.8 Å². The Morgan fingerprint density at radius 3 is 2.61 bits per heavy atom. The van der Waals surface area contributed by atoms with E-state index < -0.39 is 0 Å². The van der Waals surface area contributed by atoms with E-state index in [0.29, 0.717) is 31.9 Å². The van der Waals surface area contributed by atoms with E-state index in [0.717, 1.165) is 58.3 Å². The third-order valence-corrected chi connectivity index (χ3v) is 6.59. The molecule has 3 fully saturated rings. The second-order valence-electron chi connectivity index (χ2n) is 8.25. The summed E-state index contributed by atoms with van der Waals surface area (Å²) in [5, 5.41) is 4.27. The number of carbonyl (C=O) groups is 2. The van der Waals surface area contributed by atoms with Crippen LogP contribution in [0.3, 0.4) is 0 Å². The molecule has 0 bridgehead atoms. The number of likely N-dealkylation sites (tertiary alicyclic amines) is 3. The molecule has 1 aromatic rings. The van der Waals surface area contributed by atoms with Gasteiger partial charge in [-0.15, -0.1) is 0 Å². The summed E-state index contributed by atoms with van der Waals surface area (Å²) in [6.45, 7) is 5.81. The van der Waals surface area contributed by atoms with Crippen LogP contribution in [0.15, 0.2) is 12.3 Å². The minimum Gasteiger partial charge on any atom is -0.383 e. The van der Waals surface area contributed by atoms with Crippen molar-refractivity contribution in [3.8, 4) is 0 Å². The maximum atomic E-state index is 13.1. The van der Waals surface area contributed by atoms with E-state index in [1.807, 2.05) is 9.80 Å². The van der Waals surface area contributed by atoms with Crippen LogP contribution in [0, 0.1) is 0 Å². The number of aromatic nitrogens is 2. The second kappa shape index (κ2) is 8.21. The fourth-order valence-corrected chi connectivity index (χ4v) is 4.84. The van der Waals surface area contributed by atoms with Crippen molar-refractivity contribution in [3.05, 3.63) is 18.0 Å². The Morgan fingerprint density at radius 1 is 1.11 bits per heavy atom. The Balaban J connectivity index is 1.40. The van der Waals surface area contributed by atoms with Gasteiger partial charge in [-0.2, -0.15) is 5.10 Å². The minimum atomic E-state index is -0.0271. The Kier molecular flexibility index (Phi) is 5.68. The largest absolute Gasteiger partial charge is 0.383 e. The lowest BCUT2D eigenvalue weighted by Gasteiger charge is -2.57. The smallest absolute Gasteiger partial charge is 0.272 e. The first-order chi connectivity index (χ1) is 13.6. The summed E-state index contributed by atoms with van der Waals surface area (Å²) in [5.74, 6) is 0.281. The standard InChI is InChI=1S/C20H31N5O3/c1-28-14-13-25-17(5-8-21-25)19(27)23-11-4-6-20(16-23)7-12-24(20)15-18(26)22-9-2-3-10-22/h5,8H,2-4,6-7,9-16H2,1H3/t20-/m1/s1. The van der Waals surface area contributed by atoms with E-state index in [9.17, 15) is 9.59 Å². The van der Waals surface area contributed by atoms with Crippen LogP contribution >= 0.6 is 0 Å². The molecule has 8 nitrogen and oxygen atoms in total. The highest BCUT2D eigenvalue weighted by Gasteiger charge is 2.49. The Morgan fingerprint density at radius 2 is 1.89 bits per heavy atom. The van der Waals surface area contributed by atoms with Crippen LogP contribution in [-0.2, 0) is 16.1 Å². The average Bonchev–Trinajstić information content (AvgIpc) is 3.41. The molecule has 1 spiro atoms. The van der Waals surface area contributed by atoms with Gasteiger partial charge in [0.05, 0.1) is 19.7 Å². The number of hydrogen-bond donors (Lipinski definition) is 0. The van der Waals surface area contributed by atoms with Crippen molar-refractivity contribution in [1.82, 2.24) is 24.5 Å². The van der Waals surface area contributed by atoms with E-state index in [1.54, 1.807) is 24.1 Å². The molecule has 154 valence electrons. The second-order valence-corrected chi connectivity index (χ2v) is 8.25. The van der Waals surface area contributed by atoms with E-state index in [4.69, 9.17) is 4.74 Å². The van der Waals surface area contributed by atoms with Gasteiger partial charge in [0.1, 0.15) is 5.69 Å². The lowest BCUT2D eigenvalue weighted by Crippen LogP contribution is -2.68. The van der Waals surface area contributed by atoms with Crippen LogP contribution in [0.5, 0.6) is 0 Å². The van der Waals surface area contributed by atoms with Gasteiger partial charge < -0.3 is 14.5 Å². The van der Waals surface area contributed by atoms with Gasteiger partial charge in [0.15, 0.2) is 0 Å². The number of rotatable bonds is 6. The van der Waals surface area contributed by atoms with Gasteiger partial charge in [0.2, 0.25) is 5.91 Å². The van der Waals surface area contributed by atoms with Gasteiger partial charge in [-0.1, -0.05) is 0 Å². The van der Waals surface area contributed by atoms with Crippen molar-refractivity contribution < 1.29 is 14.3 Å². The molecule has 4 rings (SSSR count). The van der Waals surface area contributed by atoms with E-state index in [1.165, 1.54) is 0 Å². The van der Waals surface area contributed by atoms with Crippen molar-refractivity contribution in [2.24, 2.45) is 0 Å². The molecular weight excluding hydrogens is 358 g/mol. The number of ether oxygens (including phenoxy) is 1. The van der Waals surface area contributed by atoms with Gasteiger partial charge >= 0.3 is 0 Å². The molecule has 0 N–H and O–H groups in total. The lowest BCUT2D eigenvalue weighted by molar-refractivity contribution is -0.138. The number of carbonyl (C=O) groups excluding carboxylic acids is 2. The van der Waals surface area contributed by atoms with Crippen LogP contribution < -0.4 is 0 Å². The van der Waals surface area contributed by atoms with E-state index >= 15 is 0 Å². The monoisotopic (exact) mass is 389 g/mol. The number of hydrogen-bond acceptors (Lipinski definition) is 5. The summed E-state index contributed by atoms with van der Waals surface area (Å²) >= 11 is 0. The highest BCUT2D eigenvalue weighted by Crippen LogP contribution is 2.39. The molecule has 0 saturated carbocycles. The molecule has 3 aliphatic rings. The van der Waals surface area contributed by atoms with Crippen molar-refractivity contribution in [1.29, 1.82) is 0 Å². The first-order valence-corrected chi connectivity index (χ1v) is 10.5. The molecule has 0 radical (unpaired) electrons. The fraction of sp³-hybridized carbons (Fsp3) is 0.750. The van der Waals surface area contributed by atoms with Gasteiger partial charge in [0.25, 0.3) is 5.91 Å². The molecule has 1 aromatic heterocycles. The molecule has 0 unspecified atom stereocenters. The summed E-state index contributed by atoms with van der Waals surface area (Å²) in [6.07, 6.45) is 7.02. The topological polar surface area (TPSA) is 70.9 Å². The van der Waals surface area contributed by atoms with Gasteiger partial charge in [-0.05, 0) is 38.2 Å². The first-order valence-electron chi connectivity index (χ1n) is 10.5. The molecule has 3 aliphatic heterocycles. The number of piperidine rings is 1. The number of methoxy groups -OCH3 is 1. The summed E-state index contributed by atoms with van der Waals surface area (Å²) in [6, 6.07) is 1.79. The summed E-state index contributed by atoms with van der Waals surface area (Å²) in [4.78, 5) is 32.0. The van der Waals surface area contributed by atoms with Crippen molar-refractivity contribution >= 4 is 11.8 Å². The highest BCUT2D eigenvalue weighted by atomic mass is 16.5. The molecule has 4 heterocycles. The summed E-state index contributed by atoms with van der Waals surface area (Å²) in [7, 11) is 1.65. The quantitative estimate of drug-likeness (QED) is 0.721. The molecular formula is C20H31N5O3. The Labute approximate surface area is 166 Å². The van der Waals surface area contributed by atoms with Gasteiger partial charge in [-0.3, -0.25) is 19.2 Å². The third kappa shape index (κ3) is 3.67. The normalized spacial score (nSPS) is 25.3. The molecule has 0 aromatic carbocycles. The Hall–Kier alpha value is -1.93. The minimum absolute atomic E-state index is 0.0271. The van der Waals surface area contributed by atoms with Crippen LogP contribution in [0.2, 0.25) is 0 Å². The maximum absolute atomic E-state index is 13.1. The molecule has 1 atom stereocenters. The molecule has 8 heteroatoms. The lowest BCUT2D eigenvalue weighted by atomic mass is 9.77. The third-order valence-electron chi connectivity index (χ3n) is 6.59. The average molecular weight is 390 g/mol. The number of nitrogens with zero attached hydrogens (tertiary/aromatic N) is 5. The van der Waals surface area contributed by atoms with Gasteiger partial charge in [-0.25, -0.2) is 0 Å². The fourth-order valence-electron chi connectivity index (χ4n) is 4.84. The zero-order valence-corrected chi connectivity index (χ0v) is 16.8. The van der Waals surface area contributed by atoms with Gasteiger partial charge in [0, 0.05) is 51.6 Å². The molecule has 28 heavy (non-hydrogen) atoms. The zero-order valence-electron chi connectivity index (χ0n) is 16.8. The van der Waals surface area contributed by atoms with Crippen LogP contribution in [0.1, 0.15) is 42.6 Å². The predicted molar refractivity (Wildman–Crippen MR) is 104 cm³/mol. The van der Waals surface area contributed by atoms with E-state index in [2.05, 4.69) is 10.00 Å². The summed E-state index contributed by atoms with van der Waals surface area (Å²) in [5.41, 5.74) is 0.592. The highest BCUT2D eigenvalue weighted by molar-refractivity contribution is 5.92.